The SMILES string of the molecule is CC#CC#CC1=CC=C(C#CC(O)CCl)SS1. The second-order valence-electron chi connectivity index (χ2n) is 2.79. The van der Waals surface area contributed by atoms with Gasteiger partial charge in [0.25, 0.3) is 0 Å². The molecule has 1 atom stereocenters. The van der Waals surface area contributed by atoms with Gasteiger partial charge in [0.05, 0.1) is 15.7 Å². The zero-order chi connectivity index (χ0) is 12.5. The van der Waals surface area contributed by atoms with Crippen LogP contribution in [0.1, 0.15) is 6.92 Å². The predicted molar refractivity (Wildman–Crippen MR) is 77.1 cm³/mol. The molecule has 0 fully saturated rings. The van der Waals surface area contributed by atoms with E-state index in [-0.39, 0.29) is 5.88 Å². The van der Waals surface area contributed by atoms with Crippen LogP contribution in [0.4, 0.5) is 0 Å². The Hall–Kier alpha value is -0.890. The van der Waals surface area contributed by atoms with Gasteiger partial charge in [-0.15, -0.1) is 11.6 Å². The summed E-state index contributed by atoms with van der Waals surface area (Å²) in [6.07, 6.45) is 2.99. The predicted octanol–water partition coefficient (Wildman–Crippen LogP) is 2.78. The first-order valence-corrected chi connectivity index (χ1v) is 7.39. The van der Waals surface area contributed by atoms with E-state index < -0.39 is 6.10 Å². The molecule has 1 nitrogen and oxygen atoms in total. The van der Waals surface area contributed by atoms with E-state index in [1.165, 1.54) is 21.6 Å². The molecule has 0 radical (unpaired) electrons. The lowest BCUT2D eigenvalue weighted by Gasteiger charge is -2.03. The van der Waals surface area contributed by atoms with Crippen LogP contribution in [-0.2, 0) is 0 Å². The van der Waals surface area contributed by atoms with Gasteiger partial charge >= 0.3 is 0 Å². The average Bonchev–Trinajstić information content (AvgIpc) is 2.37. The van der Waals surface area contributed by atoms with Gasteiger partial charge in [0.2, 0.25) is 0 Å². The van der Waals surface area contributed by atoms with Gasteiger partial charge in [-0.2, -0.15) is 0 Å². The van der Waals surface area contributed by atoms with Crippen LogP contribution in [0.25, 0.3) is 0 Å². The lowest BCUT2D eigenvalue weighted by Crippen LogP contribution is -2.03. The molecule has 0 spiro atoms. The third-order valence-corrected chi connectivity index (χ3v) is 4.03. The third-order valence-electron chi connectivity index (χ3n) is 1.49. The first kappa shape index (κ1) is 14.2. The Morgan fingerprint density at radius 3 is 2.41 bits per heavy atom. The van der Waals surface area contributed by atoms with Crippen molar-refractivity contribution in [3.05, 3.63) is 22.0 Å². The summed E-state index contributed by atoms with van der Waals surface area (Å²) >= 11 is 5.44. The monoisotopic (exact) mass is 280 g/mol. The van der Waals surface area contributed by atoms with Crippen LogP contribution in [0.3, 0.4) is 0 Å². The maximum absolute atomic E-state index is 9.18. The Kier molecular flexibility index (Phi) is 6.87. The summed E-state index contributed by atoms with van der Waals surface area (Å²) in [5.41, 5.74) is 0. The van der Waals surface area contributed by atoms with E-state index >= 15 is 0 Å². The first-order chi connectivity index (χ1) is 8.26. The maximum Gasteiger partial charge on any atom is 0.128 e. The van der Waals surface area contributed by atoms with Crippen molar-refractivity contribution in [2.45, 2.75) is 13.0 Å². The molecule has 0 aromatic carbocycles. The fourth-order valence-electron chi connectivity index (χ4n) is 0.770. The highest BCUT2D eigenvalue weighted by Crippen LogP contribution is 2.39. The van der Waals surface area contributed by atoms with Gasteiger partial charge in [0, 0.05) is 0 Å². The number of rotatable bonds is 1. The van der Waals surface area contributed by atoms with Crippen molar-refractivity contribution < 1.29 is 5.11 Å². The number of hydrogen-bond donors (Lipinski definition) is 1. The zero-order valence-electron chi connectivity index (χ0n) is 9.08. The van der Waals surface area contributed by atoms with Crippen molar-refractivity contribution in [3.8, 4) is 35.5 Å². The van der Waals surface area contributed by atoms with Crippen molar-refractivity contribution in [1.82, 2.24) is 0 Å². The number of halogens is 1. The van der Waals surface area contributed by atoms with Crippen LogP contribution in [-0.4, -0.2) is 17.1 Å². The highest BCUT2D eigenvalue weighted by atomic mass is 35.5. The molecule has 0 bridgehead atoms. The summed E-state index contributed by atoms with van der Waals surface area (Å²) in [4.78, 5) is 1.83. The Morgan fingerprint density at radius 2 is 1.88 bits per heavy atom. The number of allylic oxidation sites excluding steroid dienone is 4. The Bertz CT molecular complexity index is 515. The quantitative estimate of drug-likeness (QED) is 0.453. The molecule has 0 aromatic heterocycles. The molecule has 0 amide bonds. The normalized spacial score (nSPS) is 14.8. The maximum atomic E-state index is 9.18. The summed E-state index contributed by atoms with van der Waals surface area (Å²) in [5, 5.41) is 9.18. The molecule has 1 aliphatic rings. The molecular formula is C13H9ClOS2. The summed E-state index contributed by atoms with van der Waals surface area (Å²) in [7, 11) is 3.04. The third kappa shape index (κ3) is 5.83. The minimum absolute atomic E-state index is 0.125. The molecule has 17 heavy (non-hydrogen) atoms. The second-order valence-corrected chi connectivity index (χ2v) is 5.31. The van der Waals surface area contributed by atoms with Crippen molar-refractivity contribution >= 4 is 33.2 Å². The molecule has 0 aliphatic carbocycles. The van der Waals surface area contributed by atoms with Gasteiger partial charge in [-0.05, 0) is 58.4 Å². The molecular weight excluding hydrogens is 272 g/mol. The lowest BCUT2D eigenvalue weighted by molar-refractivity contribution is 0.256. The van der Waals surface area contributed by atoms with Gasteiger partial charge in [-0.3, -0.25) is 0 Å². The fourth-order valence-corrected chi connectivity index (χ4v) is 2.59. The van der Waals surface area contributed by atoms with E-state index in [4.69, 9.17) is 11.6 Å². The van der Waals surface area contributed by atoms with Gasteiger partial charge in [-0.25, -0.2) is 0 Å². The van der Waals surface area contributed by atoms with Crippen molar-refractivity contribution in [2.75, 3.05) is 5.88 Å². The van der Waals surface area contributed by atoms with Gasteiger partial charge < -0.3 is 5.11 Å². The van der Waals surface area contributed by atoms with Crippen molar-refractivity contribution in [2.24, 2.45) is 0 Å². The molecule has 1 rings (SSSR count). The molecule has 4 heteroatoms. The summed E-state index contributed by atoms with van der Waals surface area (Å²) in [5.74, 6) is 16.7. The van der Waals surface area contributed by atoms with Crippen molar-refractivity contribution in [1.29, 1.82) is 0 Å². The highest BCUT2D eigenvalue weighted by Gasteiger charge is 2.04. The molecule has 0 aromatic rings. The average molecular weight is 281 g/mol. The number of aliphatic hydroxyl groups is 1. The van der Waals surface area contributed by atoms with Gasteiger partial charge in [0.1, 0.15) is 6.10 Å². The van der Waals surface area contributed by atoms with Crippen molar-refractivity contribution in [3.63, 3.8) is 0 Å². The fraction of sp³-hybridized carbons (Fsp3) is 0.231. The second kappa shape index (κ2) is 8.24. The van der Waals surface area contributed by atoms with E-state index in [1.54, 1.807) is 6.92 Å². The molecule has 0 saturated carbocycles. The van der Waals surface area contributed by atoms with Crippen LogP contribution in [0.15, 0.2) is 22.0 Å². The largest absolute Gasteiger partial charge is 0.379 e. The van der Waals surface area contributed by atoms with E-state index in [0.717, 1.165) is 9.81 Å². The van der Waals surface area contributed by atoms with Gasteiger partial charge in [-0.1, -0.05) is 17.8 Å². The van der Waals surface area contributed by atoms with E-state index in [2.05, 4.69) is 35.5 Å². The minimum atomic E-state index is -0.770. The van der Waals surface area contributed by atoms with E-state index in [1.807, 2.05) is 12.2 Å². The highest BCUT2D eigenvalue weighted by molar-refractivity contribution is 8.79. The molecule has 1 N–H and O–H groups in total. The molecule has 1 unspecified atom stereocenters. The molecule has 86 valence electrons. The lowest BCUT2D eigenvalue weighted by atomic mass is 10.3. The van der Waals surface area contributed by atoms with Gasteiger partial charge in [0.15, 0.2) is 0 Å². The molecule has 1 heterocycles. The number of aliphatic hydroxyl groups excluding tert-OH is 1. The van der Waals surface area contributed by atoms with Crippen LogP contribution >= 0.6 is 33.2 Å². The number of hydrogen-bond acceptors (Lipinski definition) is 3. The Labute approximate surface area is 114 Å². The van der Waals surface area contributed by atoms with Crippen LogP contribution in [0.2, 0.25) is 0 Å². The van der Waals surface area contributed by atoms with Crippen LogP contribution < -0.4 is 0 Å². The number of alkyl halides is 1. The summed E-state index contributed by atoms with van der Waals surface area (Å²) in [6, 6.07) is 0. The summed E-state index contributed by atoms with van der Waals surface area (Å²) < 4.78 is 0. The Morgan fingerprint density at radius 1 is 1.24 bits per heavy atom. The van der Waals surface area contributed by atoms with E-state index in [9.17, 15) is 5.11 Å². The topological polar surface area (TPSA) is 20.2 Å². The smallest absolute Gasteiger partial charge is 0.128 e. The Balaban J connectivity index is 2.66. The zero-order valence-corrected chi connectivity index (χ0v) is 11.5. The van der Waals surface area contributed by atoms with Crippen LogP contribution in [0.5, 0.6) is 0 Å². The molecule has 0 saturated heterocycles. The summed E-state index contributed by atoms with van der Waals surface area (Å²) in [6.45, 7) is 1.75. The minimum Gasteiger partial charge on any atom is -0.379 e. The standard InChI is InChI=1S/C13H9ClOS2/c1-2-3-4-5-12-8-9-13(17-16-12)7-6-11(15)10-14/h8-9,11,15H,10H2,1H3. The first-order valence-electron chi connectivity index (χ1n) is 4.71. The van der Waals surface area contributed by atoms with E-state index in [0.29, 0.717) is 0 Å². The molecule has 1 aliphatic heterocycles. The van der Waals surface area contributed by atoms with Crippen LogP contribution in [0, 0.1) is 35.5 Å².